The molecule has 1 unspecified atom stereocenters. The third kappa shape index (κ3) is 1.47. The van der Waals surface area contributed by atoms with Crippen LogP contribution < -0.4 is 5.56 Å². The fraction of sp³-hybridized carbons (Fsp3) is 0.286. The first-order valence-corrected chi connectivity index (χ1v) is 3.94. The number of rotatable bonds is 2. The molecule has 0 aliphatic heterocycles. The molecule has 0 aromatic carbocycles. The van der Waals surface area contributed by atoms with Crippen LogP contribution in [0.1, 0.15) is 6.30 Å². The van der Waals surface area contributed by atoms with E-state index in [1.165, 1.54) is 0 Å². The number of H-pyrrole nitrogens is 1. The number of hydrogen-bond donors (Lipinski definition) is 1. The summed E-state index contributed by atoms with van der Waals surface area (Å²) in [7, 11) is 0. The molecule has 2 aromatic heterocycles. The Morgan fingerprint density at radius 3 is 2.80 bits per heavy atom. The van der Waals surface area contributed by atoms with Gasteiger partial charge in [-0.15, -0.1) is 0 Å². The molecule has 0 fully saturated rings. The number of aromatic amines is 1. The van der Waals surface area contributed by atoms with Gasteiger partial charge in [-0.3, -0.25) is 4.79 Å². The molecule has 2 heterocycles. The van der Waals surface area contributed by atoms with Gasteiger partial charge in [0.2, 0.25) is 0 Å². The van der Waals surface area contributed by atoms with Crippen LogP contribution in [-0.2, 0) is 0 Å². The highest BCUT2D eigenvalue weighted by Crippen LogP contribution is 2.19. The van der Waals surface area contributed by atoms with Crippen molar-refractivity contribution >= 4 is 11.0 Å². The van der Waals surface area contributed by atoms with Crippen molar-refractivity contribution in [3.63, 3.8) is 0 Å². The van der Waals surface area contributed by atoms with Crippen LogP contribution in [0, 0.1) is 0 Å². The standard InChI is InChI=1S/C7H5F3N4O/c8-5(9)6(10)14-4-3(1-13-14)11-2-12-7(4)15/h1-2,5-6H,(H,11,12,15). The van der Waals surface area contributed by atoms with Gasteiger partial charge in [-0.05, 0) is 0 Å². The van der Waals surface area contributed by atoms with Crippen LogP contribution in [0.5, 0.6) is 0 Å². The van der Waals surface area contributed by atoms with Crippen molar-refractivity contribution in [1.29, 1.82) is 0 Å². The lowest BCUT2D eigenvalue weighted by Crippen LogP contribution is -2.18. The predicted octanol–water partition coefficient (Wildman–Crippen LogP) is 0.853. The minimum Gasteiger partial charge on any atom is -0.311 e. The zero-order valence-corrected chi connectivity index (χ0v) is 7.19. The highest BCUT2D eigenvalue weighted by Gasteiger charge is 2.25. The zero-order valence-electron chi connectivity index (χ0n) is 7.19. The summed E-state index contributed by atoms with van der Waals surface area (Å²) in [6.07, 6.45) is -3.74. The smallest absolute Gasteiger partial charge is 0.289 e. The van der Waals surface area contributed by atoms with Crippen LogP contribution in [0.3, 0.4) is 0 Å². The second-order valence-electron chi connectivity index (χ2n) is 2.76. The molecule has 2 aromatic rings. The molecule has 1 atom stereocenters. The Morgan fingerprint density at radius 1 is 1.40 bits per heavy atom. The van der Waals surface area contributed by atoms with Crippen molar-refractivity contribution in [1.82, 2.24) is 19.7 Å². The molecule has 2 rings (SSSR count). The van der Waals surface area contributed by atoms with Gasteiger partial charge >= 0.3 is 0 Å². The first-order valence-electron chi connectivity index (χ1n) is 3.94. The molecule has 0 aliphatic rings. The Labute approximate surface area is 80.5 Å². The molecule has 0 bridgehead atoms. The zero-order chi connectivity index (χ0) is 11.0. The van der Waals surface area contributed by atoms with Gasteiger partial charge in [0, 0.05) is 0 Å². The van der Waals surface area contributed by atoms with E-state index in [-0.39, 0.29) is 11.0 Å². The maximum atomic E-state index is 13.0. The summed E-state index contributed by atoms with van der Waals surface area (Å²) in [5.41, 5.74) is -0.937. The summed E-state index contributed by atoms with van der Waals surface area (Å²) >= 11 is 0. The van der Waals surface area contributed by atoms with Crippen LogP contribution in [0.25, 0.3) is 11.0 Å². The predicted molar refractivity (Wildman–Crippen MR) is 44.3 cm³/mol. The van der Waals surface area contributed by atoms with E-state index in [0.29, 0.717) is 4.68 Å². The van der Waals surface area contributed by atoms with Gasteiger partial charge in [0.05, 0.1) is 12.5 Å². The Morgan fingerprint density at radius 2 is 2.13 bits per heavy atom. The SMILES string of the molecule is O=c1[nH]cnc2cnn(C(F)C(F)F)c12. The number of halogens is 3. The van der Waals surface area contributed by atoms with E-state index in [0.717, 1.165) is 12.5 Å². The summed E-state index contributed by atoms with van der Waals surface area (Å²) < 4.78 is 37.5. The number of aromatic nitrogens is 4. The van der Waals surface area contributed by atoms with Crippen LogP contribution in [0.4, 0.5) is 13.2 Å². The minimum atomic E-state index is -3.24. The Balaban J connectivity index is 2.67. The Hall–Kier alpha value is -1.86. The first-order chi connectivity index (χ1) is 7.11. The average molecular weight is 218 g/mol. The molecule has 0 saturated carbocycles. The van der Waals surface area contributed by atoms with E-state index in [9.17, 15) is 18.0 Å². The molecule has 0 amide bonds. The molecule has 0 spiro atoms. The number of nitrogens with zero attached hydrogens (tertiary/aromatic N) is 3. The fourth-order valence-corrected chi connectivity index (χ4v) is 1.19. The minimum absolute atomic E-state index is 0.0713. The molecule has 5 nitrogen and oxygen atoms in total. The van der Waals surface area contributed by atoms with Crippen molar-refractivity contribution in [2.75, 3.05) is 0 Å². The van der Waals surface area contributed by atoms with Crippen molar-refractivity contribution in [3.05, 3.63) is 22.9 Å². The van der Waals surface area contributed by atoms with Crippen molar-refractivity contribution < 1.29 is 13.2 Å². The summed E-state index contributed by atoms with van der Waals surface area (Å²) in [5, 5.41) is 3.36. The van der Waals surface area contributed by atoms with E-state index in [1.54, 1.807) is 0 Å². The number of fused-ring (bicyclic) bond motifs is 1. The lowest BCUT2D eigenvalue weighted by atomic mass is 10.4. The molecule has 80 valence electrons. The van der Waals surface area contributed by atoms with E-state index in [4.69, 9.17) is 0 Å². The third-order valence-corrected chi connectivity index (χ3v) is 1.83. The Bertz CT molecular complexity index is 534. The topological polar surface area (TPSA) is 63.6 Å². The van der Waals surface area contributed by atoms with Gasteiger partial charge in [0.15, 0.2) is 5.52 Å². The highest BCUT2D eigenvalue weighted by molar-refractivity contribution is 5.72. The van der Waals surface area contributed by atoms with Gasteiger partial charge in [-0.25, -0.2) is 22.8 Å². The van der Waals surface area contributed by atoms with Gasteiger partial charge < -0.3 is 4.98 Å². The van der Waals surface area contributed by atoms with Gasteiger partial charge in [-0.2, -0.15) is 5.10 Å². The lowest BCUT2D eigenvalue weighted by molar-refractivity contribution is 0.00333. The van der Waals surface area contributed by atoms with E-state index < -0.39 is 18.3 Å². The molecular weight excluding hydrogens is 213 g/mol. The summed E-state index contributed by atoms with van der Waals surface area (Å²) in [6, 6.07) is 0. The van der Waals surface area contributed by atoms with Crippen LogP contribution in [-0.4, -0.2) is 26.2 Å². The first kappa shape index (κ1) is 9.69. The van der Waals surface area contributed by atoms with Crippen molar-refractivity contribution in [3.8, 4) is 0 Å². The maximum absolute atomic E-state index is 13.0. The summed E-state index contributed by atoms with van der Waals surface area (Å²) in [6.45, 7) is 0. The molecule has 15 heavy (non-hydrogen) atoms. The Kier molecular flexibility index (Phi) is 2.18. The summed E-state index contributed by atoms with van der Waals surface area (Å²) in [5.74, 6) is 0. The maximum Gasteiger partial charge on any atom is 0.289 e. The third-order valence-electron chi connectivity index (χ3n) is 1.83. The molecule has 0 radical (unpaired) electrons. The molecule has 0 saturated heterocycles. The molecule has 1 N–H and O–H groups in total. The average Bonchev–Trinajstić information content (AvgIpc) is 2.61. The van der Waals surface area contributed by atoms with Crippen molar-refractivity contribution in [2.24, 2.45) is 0 Å². The molecular formula is C7H5F3N4O. The van der Waals surface area contributed by atoms with E-state index in [2.05, 4.69) is 15.1 Å². The number of hydrogen-bond acceptors (Lipinski definition) is 3. The van der Waals surface area contributed by atoms with E-state index in [1.807, 2.05) is 0 Å². The number of nitrogens with one attached hydrogen (secondary N) is 1. The van der Waals surface area contributed by atoms with Gasteiger partial charge in [0.25, 0.3) is 18.3 Å². The van der Waals surface area contributed by atoms with Crippen LogP contribution in [0.2, 0.25) is 0 Å². The quantitative estimate of drug-likeness (QED) is 0.812. The molecule has 0 aliphatic carbocycles. The van der Waals surface area contributed by atoms with Crippen LogP contribution >= 0.6 is 0 Å². The van der Waals surface area contributed by atoms with Gasteiger partial charge in [-0.1, -0.05) is 0 Å². The lowest BCUT2D eigenvalue weighted by Gasteiger charge is -2.07. The second-order valence-corrected chi connectivity index (χ2v) is 2.76. The largest absolute Gasteiger partial charge is 0.311 e. The van der Waals surface area contributed by atoms with E-state index >= 15 is 0 Å². The normalized spacial score (nSPS) is 13.6. The second kappa shape index (κ2) is 3.37. The van der Waals surface area contributed by atoms with Crippen molar-refractivity contribution in [2.45, 2.75) is 12.7 Å². The monoisotopic (exact) mass is 218 g/mol. The van der Waals surface area contributed by atoms with Gasteiger partial charge in [0.1, 0.15) is 5.52 Å². The molecule has 8 heteroatoms. The fourth-order valence-electron chi connectivity index (χ4n) is 1.19. The highest BCUT2D eigenvalue weighted by atomic mass is 19.3. The summed E-state index contributed by atoms with van der Waals surface area (Å²) in [4.78, 5) is 17.0. The number of alkyl halides is 3. The van der Waals surface area contributed by atoms with Crippen LogP contribution in [0.15, 0.2) is 17.3 Å².